The molecule has 3 rings (SSSR count). The smallest absolute Gasteiger partial charge is 0.242 e. The summed E-state index contributed by atoms with van der Waals surface area (Å²) < 4.78 is 6.28. The van der Waals surface area contributed by atoms with Crippen molar-refractivity contribution in [1.29, 1.82) is 0 Å². The normalized spacial score (nSPS) is 12.1. The zero-order valence-corrected chi connectivity index (χ0v) is 16.6. The second-order valence-electron chi connectivity index (χ2n) is 7.10. The Morgan fingerprint density at radius 3 is 2.42 bits per heavy atom. The van der Waals surface area contributed by atoms with Crippen LogP contribution in [0.15, 0.2) is 72.1 Å². The first-order chi connectivity index (χ1) is 12.4. The molecule has 0 saturated carbocycles. The molecule has 5 heteroatoms. The van der Waals surface area contributed by atoms with Gasteiger partial charge in [-0.15, -0.1) is 0 Å². The average molecular weight is 362 g/mol. The minimum absolute atomic E-state index is 0.734. The highest BCUT2D eigenvalue weighted by molar-refractivity contribution is 6.70. The largest absolute Gasteiger partial charge is 0.543 e. The molecule has 0 bridgehead atoms. The molecule has 0 atom stereocenters. The topological polar surface area (TPSA) is 47.4 Å². The van der Waals surface area contributed by atoms with E-state index in [4.69, 9.17) is 9.42 Å². The molecule has 0 aliphatic carbocycles. The van der Waals surface area contributed by atoms with Crippen LogP contribution in [0.25, 0.3) is 0 Å². The van der Waals surface area contributed by atoms with Crippen LogP contribution >= 0.6 is 0 Å². The van der Waals surface area contributed by atoms with Crippen LogP contribution in [0, 0.1) is 6.92 Å². The van der Waals surface area contributed by atoms with Crippen LogP contribution in [-0.4, -0.2) is 24.0 Å². The van der Waals surface area contributed by atoms with Gasteiger partial charge in [0.1, 0.15) is 17.1 Å². The average Bonchev–Trinajstić information content (AvgIpc) is 2.61. The van der Waals surface area contributed by atoms with E-state index in [1.165, 1.54) is 0 Å². The van der Waals surface area contributed by atoms with Crippen molar-refractivity contribution < 1.29 is 4.43 Å². The standard InChI is InChI=1S/C21H23N3OSi/c1-16-10-11-18(20(14-16)25-26(2,3)4)24-21(17-8-6-5-7-9-17)19-15-22-12-13-23-19/h5-15H,1-4H3. The summed E-state index contributed by atoms with van der Waals surface area (Å²) in [5.41, 5.74) is 4.47. The first-order valence-electron chi connectivity index (χ1n) is 8.62. The van der Waals surface area contributed by atoms with E-state index in [1.54, 1.807) is 18.6 Å². The lowest BCUT2D eigenvalue weighted by Crippen LogP contribution is -2.29. The molecule has 0 spiro atoms. The predicted molar refractivity (Wildman–Crippen MR) is 109 cm³/mol. The van der Waals surface area contributed by atoms with E-state index in [9.17, 15) is 0 Å². The highest BCUT2D eigenvalue weighted by Crippen LogP contribution is 2.32. The minimum Gasteiger partial charge on any atom is -0.543 e. The highest BCUT2D eigenvalue weighted by atomic mass is 28.4. The van der Waals surface area contributed by atoms with Crippen molar-refractivity contribution >= 4 is 19.7 Å². The van der Waals surface area contributed by atoms with E-state index in [0.29, 0.717) is 0 Å². The Morgan fingerprint density at radius 1 is 1.00 bits per heavy atom. The minimum atomic E-state index is -1.76. The van der Waals surface area contributed by atoms with Gasteiger partial charge in [0, 0.05) is 18.0 Å². The summed E-state index contributed by atoms with van der Waals surface area (Å²) in [4.78, 5) is 13.6. The maximum atomic E-state index is 6.28. The van der Waals surface area contributed by atoms with Crippen molar-refractivity contribution in [3.05, 3.63) is 83.9 Å². The lowest BCUT2D eigenvalue weighted by Gasteiger charge is -2.21. The van der Waals surface area contributed by atoms with Gasteiger partial charge in [0.25, 0.3) is 0 Å². The predicted octanol–water partition coefficient (Wildman–Crippen LogP) is 5.17. The summed E-state index contributed by atoms with van der Waals surface area (Å²) in [6.45, 7) is 8.57. The van der Waals surface area contributed by atoms with Gasteiger partial charge in [-0.2, -0.15) is 0 Å². The van der Waals surface area contributed by atoms with Gasteiger partial charge in [0.15, 0.2) is 0 Å². The quantitative estimate of drug-likeness (QED) is 0.465. The molecule has 0 unspecified atom stereocenters. The lowest BCUT2D eigenvalue weighted by atomic mass is 10.1. The number of nitrogens with zero attached hydrogens (tertiary/aromatic N) is 3. The zero-order chi connectivity index (χ0) is 18.6. The molecule has 26 heavy (non-hydrogen) atoms. The molecule has 1 heterocycles. The summed E-state index contributed by atoms with van der Waals surface area (Å²) in [5.74, 6) is 0.821. The van der Waals surface area contributed by atoms with Gasteiger partial charge < -0.3 is 4.43 Å². The van der Waals surface area contributed by atoms with Crippen molar-refractivity contribution in [2.45, 2.75) is 26.6 Å². The molecule has 0 fully saturated rings. The third-order valence-corrected chi connectivity index (χ3v) is 4.45. The van der Waals surface area contributed by atoms with Gasteiger partial charge in [-0.1, -0.05) is 36.4 Å². The first kappa shape index (κ1) is 18.0. The number of aliphatic imine (C=N–C) groups is 1. The molecule has 2 aromatic carbocycles. The molecule has 0 radical (unpaired) electrons. The Hall–Kier alpha value is -2.79. The van der Waals surface area contributed by atoms with E-state index < -0.39 is 8.32 Å². The van der Waals surface area contributed by atoms with Crippen LogP contribution in [0.4, 0.5) is 5.69 Å². The van der Waals surface area contributed by atoms with E-state index in [1.807, 2.05) is 36.4 Å². The molecule has 0 amide bonds. The number of aromatic nitrogens is 2. The van der Waals surface area contributed by atoms with Crippen LogP contribution in [-0.2, 0) is 0 Å². The SMILES string of the molecule is Cc1ccc(N=C(c2ccccc2)c2cnccn2)c(O[Si](C)(C)C)c1. The molecule has 3 aromatic rings. The number of benzene rings is 2. The maximum absolute atomic E-state index is 6.28. The van der Waals surface area contributed by atoms with Crippen molar-refractivity contribution in [3.8, 4) is 5.75 Å². The van der Waals surface area contributed by atoms with Gasteiger partial charge in [0.05, 0.1) is 11.9 Å². The monoisotopic (exact) mass is 361 g/mol. The van der Waals surface area contributed by atoms with Gasteiger partial charge in [0.2, 0.25) is 8.32 Å². The first-order valence-corrected chi connectivity index (χ1v) is 12.0. The van der Waals surface area contributed by atoms with E-state index in [-0.39, 0.29) is 0 Å². The second-order valence-corrected chi connectivity index (χ2v) is 11.5. The summed E-state index contributed by atoms with van der Waals surface area (Å²) in [5, 5.41) is 0. The molecule has 0 saturated heterocycles. The van der Waals surface area contributed by atoms with Gasteiger partial charge >= 0.3 is 0 Å². The fourth-order valence-electron chi connectivity index (χ4n) is 2.53. The van der Waals surface area contributed by atoms with Gasteiger partial charge in [-0.05, 0) is 44.3 Å². The summed E-state index contributed by atoms with van der Waals surface area (Å²) in [7, 11) is -1.76. The number of hydrogen-bond acceptors (Lipinski definition) is 4. The Labute approximate surface area is 155 Å². The molecule has 0 N–H and O–H groups in total. The van der Waals surface area contributed by atoms with Crippen LogP contribution in [0.5, 0.6) is 5.75 Å². The molecule has 1 aromatic heterocycles. The molecule has 132 valence electrons. The second kappa shape index (κ2) is 7.62. The number of aryl methyl sites for hydroxylation is 1. The van der Waals surface area contributed by atoms with Gasteiger partial charge in [-0.25, -0.2) is 4.99 Å². The third-order valence-electron chi connectivity index (χ3n) is 3.62. The van der Waals surface area contributed by atoms with Crippen molar-refractivity contribution in [3.63, 3.8) is 0 Å². The van der Waals surface area contributed by atoms with Crippen LogP contribution in [0.1, 0.15) is 16.8 Å². The Morgan fingerprint density at radius 2 is 1.77 bits per heavy atom. The summed E-state index contributed by atoms with van der Waals surface area (Å²) in [6, 6.07) is 16.1. The van der Waals surface area contributed by atoms with Gasteiger partial charge in [-0.3, -0.25) is 9.97 Å². The molecular formula is C21H23N3OSi. The molecule has 0 aliphatic rings. The zero-order valence-electron chi connectivity index (χ0n) is 15.6. The third kappa shape index (κ3) is 4.64. The van der Waals surface area contributed by atoms with Crippen LogP contribution < -0.4 is 4.43 Å². The van der Waals surface area contributed by atoms with E-state index in [0.717, 1.165) is 34.0 Å². The molecular weight excluding hydrogens is 338 g/mol. The molecule has 0 aliphatic heterocycles. The highest BCUT2D eigenvalue weighted by Gasteiger charge is 2.19. The summed E-state index contributed by atoms with van der Waals surface area (Å²) >= 11 is 0. The number of rotatable bonds is 5. The van der Waals surface area contributed by atoms with Crippen molar-refractivity contribution in [2.75, 3.05) is 0 Å². The van der Waals surface area contributed by atoms with Crippen LogP contribution in [0.2, 0.25) is 19.6 Å². The fraction of sp³-hybridized carbons (Fsp3) is 0.190. The Bertz CT molecular complexity index is 862. The van der Waals surface area contributed by atoms with Crippen molar-refractivity contribution in [1.82, 2.24) is 9.97 Å². The van der Waals surface area contributed by atoms with Crippen LogP contribution in [0.3, 0.4) is 0 Å². The van der Waals surface area contributed by atoms with E-state index in [2.05, 4.69) is 48.7 Å². The van der Waals surface area contributed by atoms with Crippen molar-refractivity contribution in [2.24, 2.45) is 4.99 Å². The Kier molecular flexibility index (Phi) is 5.28. The Balaban J connectivity index is 2.15. The number of hydrogen-bond donors (Lipinski definition) is 0. The van der Waals surface area contributed by atoms with E-state index >= 15 is 0 Å². The molecule has 4 nitrogen and oxygen atoms in total. The summed E-state index contributed by atoms with van der Waals surface area (Å²) in [6.07, 6.45) is 5.08. The maximum Gasteiger partial charge on any atom is 0.242 e. The fourth-order valence-corrected chi connectivity index (χ4v) is 3.36. The lowest BCUT2D eigenvalue weighted by molar-refractivity contribution is 0.558.